The zero-order valence-electron chi connectivity index (χ0n) is 7.79. The predicted octanol–water partition coefficient (Wildman–Crippen LogP) is 3.09. The lowest BCUT2D eigenvalue weighted by Crippen LogP contribution is -2.06. The van der Waals surface area contributed by atoms with Gasteiger partial charge in [-0.05, 0) is 19.1 Å². The summed E-state index contributed by atoms with van der Waals surface area (Å²) in [5.74, 6) is -0.718. The zero-order valence-corrected chi connectivity index (χ0v) is 10.1. The Morgan fingerprint density at radius 3 is 2.67 bits per heavy atom. The van der Waals surface area contributed by atoms with Gasteiger partial charge in [0.05, 0.1) is 16.4 Å². The highest BCUT2D eigenvalue weighted by Crippen LogP contribution is 2.28. The van der Waals surface area contributed by atoms with E-state index in [-0.39, 0.29) is 17.1 Å². The molecule has 0 bridgehead atoms. The lowest BCUT2D eigenvalue weighted by Gasteiger charge is -2.03. The fourth-order valence-electron chi connectivity index (χ4n) is 1.26. The lowest BCUT2D eigenvalue weighted by atomic mass is 10.1. The Balaban J connectivity index is 3.46. The Morgan fingerprint density at radius 2 is 2.20 bits per heavy atom. The molecule has 0 atom stereocenters. The first kappa shape index (κ1) is 12.1. The van der Waals surface area contributed by atoms with Crippen LogP contribution in [-0.4, -0.2) is 16.6 Å². The van der Waals surface area contributed by atoms with E-state index in [1.54, 1.807) is 13.0 Å². The first-order valence-electron chi connectivity index (χ1n) is 4.01. The van der Waals surface area contributed by atoms with E-state index < -0.39 is 10.7 Å². The highest BCUT2D eigenvalue weighted by molar-refractivity contribution is 9.10. The van der Waals surface area contributed by atoms with Crippen molar-refractivity contribution in [1.82, 2.24) is 0 Å². The number of alkyl halides is 1. The second-order valence-electron chi connectivity index (χ2n) is 2.93. The number of nitro groups is 1. The van der Waals surface area contributed by atoms with Crippen LogP contribution >= 0.6 is 27.5 Å². The van der Waals surface area contributed by atoms with Crippen molar-refractivity contribution in [3.05, 3.63) is 37.8 Å². The number of hydrogen-bond acceptors (Lipinski definition) is 3. The van der Waals surface area contributed by atoms with Crippen LogP contribution < -0.4 is 0 Å². The number of aryl methyl sites for hydroxylation is 1. The molecule has 0 amide bonds. The molecule has 1 aromatic rings. The molecule has 0 heterocycles. The van der Waals surface area contributed by atoms with Gasteiger partial charge in [-0.15, -0.1) is 11.6 Å². The number of hydrogen-bond donors (Lipinski definition) is 0. The minimum Gasteiger partial charge on any atom is -0.293 e. The minimum atomic E-state index is -0.568. The van der Waals surface area contributed by atoms with E-state index >= 15 is 0 Å². The Bertz CT molecular complexity index is 434. The number of rotatable bonds is 3. The van der Waals surface area contributed by atoms with E-state index in [4.69, 9.17) is 11.6 Å². The van der Waals surface area contributed by atoms with Crippen LogP contribution in [0.25, 0.3) is 0 Å². The molecule has 15 heavy (non-hydrogen) atoms. The van der Waals surface area contributed by atoms with E-state index in [9.17, 15) is 14.9 Å². The summed E-state index contributed by atoms with van der Waals surface area (Å²) >= 11 is 8.56. The Kier molecular flexibility index (Phi) is 3.82. The summed E-state index contributed by atoms with van der Waals surface area (Å²) in [4.78, 5) is 21.6. The molecule has 6 heteroatoms. The van der Waals surface area contributed by atoms with E-state index in [0.717, 1.165) is 0 Å². The van der Waals surface area contributed by atoms with Crippen LogP contribution in [-0.2, 0) is 0 Å². The highest BCUT2D eigenvalue weighted by atomic mass is 79.9. The quantitative estimate of drug-likeness (QED) is 0.372. The number of carbonyl (C=O) groups is 1. The minimum absolute atomic E-state index is 0.0434. The van der Waals surface area contributed by atoms with Crippen molar-refractivity contribution in [3.8, 4) is 0 Å². The van der Waals surface area contributed by atoms with Crippen molar-refractivity contribution in [2.75, 3.05) is 5.88 Å². The number of benzene rings is 1. The van der Waals surface area contributed by atoms with Crippen molar-refractivity contribution in [1.29, 1.82) is 0 Å². The van der Waals surface area contributed by atoms with Gasteiger partial charge in [-0.25, -0.2) is 0 Å². The molecule has 0 radical (unpaired) electrons. The number of nitro benzene ring substituents is 1. The number of nitrogens with zero attached hydrogens (tertiary/aromatic N) is 1. The van der Waals surface area contributed by atoms with Gasteiger partial charge in [-0.3, -0.25) is 14.9 Å². The molecule has 0 aliphatic heterocycles. The van der Waals surface area contributed by atoms with E-state index in [2.05, 4.69) is 15.9 Å². The summed E-state index contributed by atoms with van der Waals surface area (Å²) in [6.45, 7) is 1.58. The third kappa shape index (κ3) is 2.54. The van der Waals surface area contributed by atoms with Crippen LogP contribution in [0.4, 0.5) is 5.69 Å². The molecular formula is C9H7BrClNO3. The van der Waals surface area contributed by atoms with Crippen molar-refractivity contribution in [2.45, 2.75) is 6.92 Å². The molecular weight excluding hydrogens is 285 g/mol. The summed E-state index contributed by atoms with van der Waals surface area (Å²) in [5.41, 5.74) is 0.300. The van der Waals surface area contributed by atoms with Crippen LogP contribution in [0.2, 0.25) is 0 Å². The average molecular weight is 293 g/mol. The third-order valence-electron chi connectivity index (χ3n) is 1.87. The van der Waals surface area contributed by atoms with Crippen molar-refractivity contribution >= 4 is 39.0 Å². The highest BCUT2D eigenvalue weighted by Gasteiger charge is 2.22. The monoisotopic (exact) mass is 291 g/mol. The molecule has 0 aliphatic carbocycles. The van der Waals surface area contributed by atoms with E-state index in [1.807, 2.05) is 0 Å². The normalized spacial score (nSPS) is 10.1. The van der Waals surface area contributed by atoms with Gasteiger partial charge in [0, 0.05) is 10.0 Å². The number of ketones is 1. The lowest BCUT2D eigenvalue weighted by molar-refractivity contribution is -0.385. The molecule has 0 aromatic heterocycles. The van der Waals surface area contributed by atoms with Crippen LogP contribution in [0.3, 0.4) is 0 Å². The molecule has 1 aromatic carbocycles. The fourth-order valence-corrected chi connectivity index (χ4v) is 1.98. The number of Topliss-reactive ketones (excluding diaryl/α,β-unsaturated/α-hetero) is 1. The van der Waals surface area contributed by atoms with Crippen LogP contribution in [0.5, 0.6) is 0 Å². The maximum Gasteiger partial charge on any atom is 0.283 e. The van der Waals surface area contributed by atoms with Crippen LogP contribution in [0.15, 0.2) is 16.6 Å². The van der Waals surface area contributed by atoms with Gasteiger partial charge in [0.25, 0.3) is 5.69 Å². The molecule has 0 aliphatic rings. The van der Waals surface area contributed by atoms with Gasteiger partial charge in [0.1, 0.15) is 0 Å². The van der Waals surface area contributed by atoms with Gasteiger partial charge in [0.15, 0.2) is 5.78 Å². The second kappa shape index (κ2) is 4.72. The Hall–Kier alpha value is -0.940. The summed E-state index contributed by atoms with van der Waals surface area (Å²) in [5, 5.41) is 10.8. The summed E-state index contributed by atoms with van der Waals surface area (Å²) < 4.78 is 0.624. The van der Waals surface area contributed by atoms with E-state index in [1.165, 1.54) is 6.07 Å². The molecule has 0 unspecified atom stereocenters. The van der Waals surface area contributed by atoms with Crippen molar-refractivity contribution in [2.24, 2.45) is 0 Å². The maximum absolute atomic E-state index is 11.4. The summed E-state index contributed by atoms with van der Waals surface area (Å²) in [6.07, 6.45) is 0. The molecule has 0 N–H and O–H groups in total. The number of halogens is 2. The summed E-state index contributed by atoms with van der Waals surface area (Å²) in [6, 6.07) is 3.00. The average Bonchev–Trinajstić information content (AvgIpc) is 2.14. The standard InChI is InChI=1S/C9H7BrClNO3/c1-5-2-6(10)3-7(8(13)4-11)9(5)12(14)15/h2-3H,4H2,1H3. The topological polar surface area (TPSA) is 60.2 Å². The Labute approximate surface area is 99.5 Å². The molecule has 0 fully saturated rings. The van der Waals surface area contributed by atoms with Gasteiger partial charge < -0.3 is 0 Å². The summed E-state index contributed by atoms with van der Waals surface area (Å²) in [7, 11) is 0. The van der Waals surface area contributed by atoms with Crippen molar-refractivity contribution in [3.63, 3.8) is 0 Å². The predicted molar refractivity (Wildman–Crippen MR) is 60.6 cm³/mol. The molecule has 1 rings (SSSR count). The van der Waals surface area contributed by atoms with Crippen LogP contribution in [0, 0.1) is 17.0 Å². The largest absolute Gasteiger partial charge is 0.293 e. The van der Waals surface area contributed by atoms with Crippen LogP contribution in [0.1, 0.15) is 15.9 Å². The van der Waals surface area contributed by atoms with Gasteiger partial charge >= 0.3 is 0 Å². The van der Waals surface area contributed by atoms with Gasteiger partial charge in [-0.2, -0.15) is 0 Å². The zero-order chi connectivity index (χ0) is 11.6. The molecule has 0 saturated heterocycles. The SMILES string of the molecule is Cc1cc(Br)cc(C(=O)CCl)c1[N+](=O)[O-]. The molecule has 4 nitrogen and oxygen atoms in total. The number of carbonyl (C=O) groups excluding carboxylic acids is 1. The third-order valence-corrected chi connectivity index (χ3v) is 2.57. The maximum atomic E-state index is 11.4. The van der Waals surface area contributed by atoms with Gasteiger partial charge in [0.2, 0.25) is 0 Å². The smallest absolute Gasteiger partial charge is 0.283 e. The first-order valence-corrected chi connectivity index (χ1v) is 5.33. The molecule has 0 saturated carbocycles. The van der Waals surface area contributed by atoms with Crippen molar-refractivity contribution < 1.29 is 9.72 Å². The van der Waals surface area contributed by atoms with E-state index in [0.29, 0.717) is 10.0 Å². The first-order chi connectivity index (χ1) is 6.97. The second-order valence-corrected chi connectivity index (χ2v) is 4.12. The van der Waals surface area contributed by atoms with Gasteiger partial charge in [-0.1, -0.05) is 15.9 Å². The Morgan fingerprint density at radius 1 is 1.60 bits per heavy atom. The molecule has 0 spiro atoms. The fraction of sp³-hybridized carbons (Fsp3) is 0.222. The molecule has 80 valence electrons.